The van der Waals surface area contributed by atoms with Gasteiger partial charge in [0.2, 0.25) is 17.7 Å². The van der Waals surface area contributed by atoms with E-state index in [9.17, 15) is 9.59 Å². The summed E-state index contributed by atoms with van der Waals surface area (Å²) >= 11 is 1.48. The van der Waals surface area contributed by atoms with E-state index in [1.807, 2.05) is 17.5 Å². The van der Waals surface area contributed by atoms with Gasteiger partial charge in [0.15, 0.2) is 0 Å². The van der Waals surface area contributed by atoms with E-state index in [-0.39, 0.29) is 24.4 Å². The molecule has 0 saturated carbocycles. The van der Waals surface area contributed by atoms with Crippen LogP contribution in [0.15, 0.2) is 21.9 Å². The number of nitrogens with zero attached hydrogens (tertiary/aromatic N) is 3. The second-order valence-corrected chi connectivity index (χ2v) is 6.55. The van der Waals surface area contributed by atoms with Crippen LogP contribution in [-0.2, 0) is 11.3 Å². The number of rotatable bonds is 4. The molecule has 1 saturated heterocycles. The first-order valence-electron chi connectivity index (χ1n) is 7.78. The van der Waals surface area contributed by atoms with Crippen molar-refractivity contribution in [2.24, 2.45) is 5.92 Å². The minimum absolute atomic E-state index is 0.0378. The molecule has 0 radical (unpaired) electrons. The molecule has 3 heterocycles. The van der Waals surface area contributed by atoms with Gasteiger partial charge in [-0.15, -0.1) is 21.5 Å². The van der Waals surface area contributed by atoms with E-state index in [1.165, 1.54) is 11.3 Å². The van der Waals surface area contributed by atoms with Crippen LogP contribution in [0.25, 0.3) is 0 Å². The molecule has 1 aliphatic rings. The van der Waals surface area contributed by atoms with Gasteiger partial charge in [0, 0.05) is 25.9 Å². The van der Waals surface area contributed by atoms with Crippen molar-refractivity contribution in [3.8, 4) is 0 Å². The Kier molecular flexibility index (Phi) is 5.09. The fourth-order valence-corrected chi connectivity index (χ4v) is 3.20. The number of carbonyl (C=O) groups is 2. The maximum Gasteiger partial charge on any atom is 0.322 e. The van der Waals surface area contributed by atoms with Gasteiger partial charge in [-0.2, -0.15) is 0 Å². The highest BCUT2D eigenvalue weighted by molar-refractivity contribution is 7.14. The van der Waals surface area contributed by atoms with Gasteiger partial charge in [-0.1, -0.05) is 0 Å². The standard InChI is InChI=1S/C15H19N5O3S/c1-10-18-19-12(23-10)9-16-14(21)11-4-6-20(7-5-11)15(22)17-13-3-2-8-24-13/h2-3,8,11H,4-7,9H2,1H3,(H,16,21)(H,17,22). The molecule has 2 N–H and O–H groups in total. The first kappa shape index (κ1) is 16.4. The minimum Gasteiger partial charge on any atom is -0.424 e. The molecule has 8 nitrogen and oxygen atoms in total. The van der Waals surface area contributed by atoms with Gasteiger partial charge in [0.25, 0.3) is 0 Å². The average molecular weight is 349 g/mol. The lowest BCUT2D eigenvalue weighted by Crippen LogP contribution is -2.44. The fraction of sp³-hybridized carbons (Fsp3) is 0.467. The molecule has 3 rings (SSSR count). The lowest BCUT2D eigenvalue weighted by Gasteiger charge is -2.31. The number of thiophene rings is 1. The summed E-state index contributed by atoms with van der Waals surface area (Å²) in [5, 5.41) is 16.0. The second-order valence-electron chi connectivity index (χ2n) is 5.60. The highest BCUT2D eigenvalue weighted by Crippen LogP contribution is 2.20. The Labute approximate surface area is 143 Å². The molecular weight excluding hydrogens is 330 g/mol. The molecule has 0 spiro atoms. The van der Waals surface area contributed by atoms with E-state index in [0.29, 0.717) is 37.7 Å². The van der Waals surface area contributed by atoms with Crippen LogP contribution in [0, 0.1) is 12.8 Å². The SMILES string of the molecule is Cc1nnc(CNC(=O)C2CCN(C(=O)Nc3cccs3)CC2)o1. The van der Waals surface area contributed by atoms with Gasteiger partial charge in [0.1, 0.15) is 0 Å². The highest BCUT2D eigenvalue weighted by atomic mass is 32.1. The van der Waals surface area contributed by atoms with Crippen LogP contribution in [0.5, 0.6) is 0 Å². The zero-order valence-electron chi connectivity index (χ0n) is 13.3. The normalized spacial score (nSPS) is 15.3. The van der Waals surface area contributed by atoms with Crippen molar-refractivity contribution < 1.29 is 14.0 Å². The molecule has 1 fully saturated rings. The quantitative estimate of drug-likeness (QED) is 0.879. The minimum atomic E-state index is -0.113. The molecule has 3 amide bonds. The summed E-state index contributed by atoms with van der Waals surface area (Å²) in [6.07, 6.45) is 1.29. The number of likely N-dealkylation sites (tertiary alicyclic amines) is 1. The van der Waals surface area contributed by atoms with Gasteiger partial charge >= 0.3 is 6.03 Å². The summed E-state index contributed by atoms with van der Waals surface area (Å²) in [6.45, 7) is 3.07. The molecule has 2 aromatic rings. The van der Waals surface area contributed by atoms with Crippen LogP contribution in [0.1, 0.15) is 24.6 Å². The molecular formula is C15H19N5O3S. The van der Waals surface area contributed by atoms with Crippen LogP contribution in [0.2, 0.25) is 0 Å². The molecule has 0 atom stereocenters. The number of carbonyl (C=O) groups excluding carboxylic acids is 2. The van der Waals surface area contributed by atoms with Crippen molar-refractivity contribution >= 4 is 28.3 Å². The van der Waals surface area contributed by atoms with Crippen molar-refractivity contribution in [2.75, 3.05) is 18.4 Å². The Morgan fingerprint density at radius 3 is 2.79 bits per heavy atom. The third-order valence-corrected chi connectivity index (χ3v) is 4.67. The Hall–Kier alpha value is -2.42. The maximum atomic E-state index is 12.2. The largest absolute Gasteiger partial charge is 0.424 e. The number of aromatic nitrogens is 2. The van der Waals surface area contributed by atoms with Crippen LogP contribution >= 0.6 is 11.3 Å². The summed E-state index contributed by atoms with van der Waals surface area (Å²) in [7, 11) is 0. The third kappa shape index (κ3) is 4.10. The lowest BCUT2D eigenvalue weighted by molar-refractivity contribution is -0.126. The number of hydrogen-bond acceptors (Lipinski definition) is 6. The van der Waals surface area contributed by atoms with Gasteiger partial charge in [-0.3, -0.25) is 10.1 Å². The van der Waals surface area contributed by atoms with Crippen molar-refractivity contribution in [3.63, 3.8) is 0 Å². The van der Waals surface area contributed by atoms with E-state index in [0.717, 1.165) is 5.00 Å². The smallest absolute Gasteiger partial charge is 0.322 e. The summed E-state index contributed by atoms with van der Waals surface area (Å²) in [4.78, 5) is 26.1. The van der Waals surface area contributed by atoms with E-state index in [1.54, 1.807) is 11.8 Å². The number of anilines is 1. The fourth-order valence-electron chi connectivity index (χ4n) is 2.59. The lowest BCUT2D eigenvalue weighted by atomic mass is 9.96. The van der Waals surface area contributed by atoms with Crippen molar-refractivity contribution in [1.29, 1.82) is 0 Å². The average Bonchev–Trinajstić information content (AvgIpc) is 3.24. The molecule has 0 unspecified atom stereocenters. The summed E-state index contributed by atoms with van der Waals surface area (Å²) in [5.41, 5.74) is 0. The summed E-state index contributed by atoms with van der Waals surface area (Å²) in [6, 6.07) is 3.64. The third-order valence-electron chi connectivity index (χ3n) is 3.89. The van der Waals surface area contributed by atoms with Crippen LogP contribution in [0.3, 0.4) is 0 Å². The van der Waals surface area contributed by atoms with Gasteiger partial charge in [-0.25, -0.2) is 4.79 Å². The topological polar surface area (TPSA) is 100 Å². The Bertz CT molecular complexity index is 692. The first-order valence-corrected chi connectivity index (χ1v) is 8.66. The monoisotopic (exact) mass is 349 g/mol. The van der Waals surface area contributed by atoms with Gasteiger partial charge < -0.3 is 14.6 Å². The predicted octanol–water partition coefficient (Wildman–Crippen LogP) is 2.00. The first-order chi connectivity index (χ1) is 11.6. The van der Waals surface area contributed by atoms with E-state index >= 15 is 0 Å². The molecule has 1 aliphatic heterocycles. The number of amides is 3. The highest BCUT2D eigenvalue weighted by Gasteiger charge is 2.27. The molecule has 0 bridgehead atoms. The maximum absolute atomic E-state index is 12.2. The summed E-state index contributed by atoms with van der Waals surface area (Å²) < 4.78 is 5.22. The molecule has 9 heteroatoms. The van der Waals surface area contributed by atoms with Crippen LogP contribution in [0.4, 0.5) is 9.80 Å². The zero-order chi connectivity index (χ0) is 16.9. The molecule has 0 aliphatic carbocycles. The molecule has 2 aromatic heterocycles. The molecule has 24 heavy (non-hydrogen) atoms. The number of hydrogen-bond donors (Lipinski definition) is 2. The van der Waals surface area contributed by atoms with Crippen molar-refractivity contribution in [2.45, 2.75) is 26.3 Å². The van der Waals surface area contributed by atoms with E-state index in [4.69, 9.17) is 4.42 Å². The van der Waals surface area contributed by atoms with Crippen molar-refractivity contribution in [1.82, 2.24) is 20.4 Å². The number of nitrogens with one attached hydrogen (secondary N) is 2. The Morgan fingerprint density at radius 1 is 1.38 bits per heavy atom. The molecule has 128 valence electrons. The van der Waals surface area contributed by atoms with Crippen molar-refractivity contribution in [3.05, 3.63) is 29.3 Å². The second kappa shape index (κ2) is 7.43. The van der Waals surface area contributed by atoms with Gasteiger partial charge in [0.05, 0.1) is 11.5 Å². The summed E-state index contributed by atoms with van der Waals surface area (Å²) in [5.74, 6) is 0.738. The van der Waals surface area contributed by atoms with Crippen LogP contribution < -0.4 is 10.6 Å². The number of urea groups is 1. The molecule has 0 aromatic carbocycles. The van der Waals surface area contributed by atoms with Crippen LogP contribution in [-0.4, -0.2) is 40.1 Å². The van der Waals surface area contributed by atoms with Gasteiger partial charge in [-0.05, 0) is 30.4 Å². The van der Waals surface area contributed by atoms with E-state index < -0.39 is 0 Å². The Morgan fingerprint density at radius 2 is 2.17 bits per heavy atom. The Balaban J connectivity index is 1.42. The predicted molar refractivity (Wildman–Crippen MR) is 88.5 cm³/mol. The number of piperidine rings is 1. The number of aryl methyl sites for hydroxylation is 1. The zero-order valence-corrected chi connectivity index (χ0v) is 14.1. The van der Waals surface area contributed by atoms with E-state index in [2.05, 4.69) is 20.8 Å².